The Bertz CT molecular complexity index is 185. The van der Waals surface area contributed by atoms with Crippen LogP contribution in [-0.2, 0) is 9.53 Å². The lowest BCUT2D eigenvalue weighted by atomic mass is 10.0. The van der Waals surface area contributed by atoms with Gasteiger partial charge in [0, 0.05) is 6.42 Å². The molecule has 0 amide bonds. The molecule has 0 radical (unpaired) electrons. The van der Waals surface area contributed by atoms with E-state index in [-0.39, 0.29) is 11.7 Å². The Kier molecular flexibility index (Phi) is 3.48. The predicted octanol–water partition coefficient (Wildman–Crippen LogP) is 2.70. The van der Waals surface area contributed by atoms with E-state index in [1.807, 2.05) is 13.8 Å². The normalized spacial score (nSPS) is 24.4. The van der Waals surface area contributed by atoms with Gasteiger partial charge in [-0.2, -0.15) is 0 Å². The molecule has 0 spiro atoms. The van der Waals surface area contributed by atoms with Crippen molar-refractivity contribution in [2.24, 2.45) is 0 Å². The Hall–Kier alpha value is -0.370. The summed E-state index contributed by atoms with van der Waals surface area (Å²) in [5.41, 5.74) is -0.165. The number of carbonyl (C=O) groups is 1. The molecular weight excluding hydrogens is 164 g/mol. The highest BCUT2D eigenvalue weighted by atomic mass is 16.6. The summed E-state index contributed by atoms with van der Waals surface area (Å²) < 4.78 is 5.27. The first-order valence-electron chi connectivity index (χ1n) is 5.28. The third-order valence-electron chi connectivity index (χ3n) is 2.56. The molecule has 0 aromatic carbocycles. The van der Waals surface area contributed by atoms with Crippen molar-refractivity contribution in [1.29, 1.82) is 0 Å². The van der Waals surface area contributed by atoms with E-state index in [1.54, 1.807) is 0 Å². The van der Waals surface area contributed by atoms with Crippen LogP contribution >= 0.6 is 0 Å². The molecule has 0 saturated carbocycles. The summed E-state index contributed by atoms with van der Waals surface area (Å²) in [6.07, 6.45) is 5.27. The lowest BCUT2D eigenvalue weighted by Gasteiger charge is -1.98. The van der Waals surface area contributed by atoms with Crippen LogP contribution < -0.4 is 0 Å². The number of ether oxygens (including phenoxy) is 1. The molecular formula is C11H20O2. The molecule has 2 heteroatoms. The molecule has 76 valence electrons. The fourth-order valence-electron chi connectivity index (χ4n) is 1.58. The molecule has 1 fully saturated rings. The zero-order chi connectivity index (χ0) is 9.90. The average Bonchev–Trinajstić information content (AvgIpc) is 2.69. The van der Waals surface area contributed by atoms with Crippen molar-refractivity contribution in [1.82, 2.24) is 0 Å². The topological polar surface area (TPSA) is 29.6 Å². The van der Waals surface area contributed by atoms with Crippen LogP contribution in [0.5, 0.6) is 0 Å². The summed E-state index contributed by atoms with van der Waals surface area (Å²) in [4.78, 5) is 11.5. The smallest absolute Gasteiger partial charge is 0.164 e. The van der Waals surface area contributed by atoms with Crippen molar-refractivity contribution in [2.75, 3.05) is 0 Å². The molecule has 13 heavy (non-hydrogen) atoms. The molecule has 1 aliphatic heterocycles. The molecule has 0 aromatic rings. The highest BCUT2D eigenvalue weighted by Crippen LogP contribution is 2.36. The minimum absolute atomic E-state index is 0.103. The summed E-state index contributed by atoms with van der Waals surface area (Å²) >= 11 is 0. The van der Waals surface area contributed by atoms with Gasteiger partial charge in [-0.3, -0.25) is 4.79 Å². The molecule has 2 nitrogen and oxygen atoms in total. The summed E-state index contributed by atoms with van der Waals surface area (Å²) in [6.45, 7) is 6.12. The van der Waals surface area contributed by atoms with E-state index >= 15 is 0 Å². The van der Waals surface area contributed by atoms with Gasteiger partial charge in [0.2, 0.25) is 0 Å². The van der Waals surface area contributed by atoms with Gasteiger partial charge < -0.3 is 4.74 Å². The van der Waals surface area contributed by atoms with Gasteiger partial charge in [-0.1, -0.05) is 26.2 Å². The number of unbranched alkanes of at least 4 members (excludes halogenated alkanes) is 3. The van der Waals surface area contributed by atoms with Crippen LogP contribution in [0.4, 0.5) is 0 Å². The van der Waals surface area contributed by atoms with Crippen LogP contribution in [-0.4, -0.2) is 17.5 Å². The Morgan fingerprint density at radius 1 is 1.31 bits per heavy atom. The fraction of sp³-hybridized carbons (Fsp3) is 0.909. The highest BCUT2D eigenvalue weighted by molar-refractivity contribution is 5.86. The van der Waals surface area contributed by atoms with Crippen molar-refractivity contribution in [3.05, 3.63) is 0 Å². The standard InChI is InChI=1S/C11H20O2/c1-4-5-6-7-8-9(12)10-11(2,3)13-10/h10H,4-8H2,1-3H3. The molecule has 1 unspecified atom stereocenters. The van der Waals surface area contributed by atoms with Crippen LogP contribution in [0.15, 0.2) is 0 Å². The molecule has 0 aromatic heterocycles. The zero-order valence-electron chi connectivity index (χ0n) is 8.93. The molecule has 0 N–H and O–H groups in total. The van der Waals surface area contributed by atoms with Gasteiger partial charge in [-0.25, -0.2) is 0 Å². The van der Waals surface area contributed by atoms with Crippen molar-refractivity contribution in [2.45, 2.75) is 64.6 Å². The van der Waals surface area contributed by atoms with Gasteiger partial charge in [0.1, 0.15) is 6.10 Å². The number of hydrogen-bond donors (Lipinski definition) is 0. The average molecular weight is 184 g/mol. The van der Waals surface area contributed by atoms with Crippen molar-refractivity contribution < 1.29 is 9.53 Å². The molecule has 1 atom stereocenters. The number of carbonyl (C=O) groups excluding carboxylic acids is 1. The Morgan fingerprint density at radius 3 is 2.38 bits per heavy atom. The lowest BCUT2D eigenvalue weighted by Crippen LogP contribution is -2.14. The zero-order valence-corrected chi connectivity index (χ0v) is 8.93. The molecule has 0 bridgehead atoms. The van der Waals surface area contributed by atoms with E-state index in [2.05, 4.69) is 6.92 Å². The second kappa shape index (κ2) is 4.23. The van der Waals surface area contributed by atoms with E-state index in [4.69, 9.17) is 4.74 Å². The monoisotopic (exact) mass is 184 g/mol. The minimum Gasteiger partial charge on any atom is -0.358 e. The maximum atomic E-state index is 11.5. The van der Waals surface area contributed by atoms with Crippen molar-refractivity contribution in [3.63, 3.8) is 0 Å². The highest BCUT2D eigenvalue weighted by Gasteiger charge is 2.51. The Balaban J connectivity index is 2.06. The van der Waals surface area contributed by atoms with Crippen LogP contribution in [0, 0.1) is 0 Å². The van der Waals surface area contributed by atoms with E-state index in [1.165, 1.54) is 19.3 Å². The van der Waals surface area contributed by atoms with E-state index in [0.717, 1.165) is 6.42 Å². The third kappa shape index (κ3) is 3.11. The first-order chi connectivity index (χ1) is 6.08. The fourth-order valence-corrected chi connectivity index (χ4v) is 1.58. The second-order valence-corrected chi connectivity index (χ2v) is 4.38. The van der Waals surface area contributed by atoms with Crippen LogP contribution in [0.3, 0.4) is 0 Å². The van der Waals surface area contributed by atoms with Gasteiger partial charge >= 0.3 is 0 Å². The molecule has 1 heterocycles. The van der Waals surface area contributed by atoms with Gasteiger partial charge in [-0.15, -0.1) is 0 Å². The quantitative estimate of drug-likeness (QED) is 0.469. The number of Topliss-reactive ketones (excluding diaryl/α,β-unsaturated/α-hetero) is 1. The Morgan fingerprint density at radius 2 is 1.92 bits per heavy atom. The maximum Gasteiger partial charge on any atom is 0.164 e. The first kappa shape index (κ1) is 10.7. The summed E-state index contributed by atoms with van der Waals surface area (Å²) in [5.74, 6) is 0.293. The van der Waals surface area contributed by atoms with Crippen LogP contribution in [0.2, 0.25) is 0 Å². The van der Waals surface area contributed by atoms with Gasteiger partial charge in [0.05, 0.1) is 5.60 Å². The van der Waals surface area contributed by atoms with Crippen molar-refractivity contribution >= 4 is 5.78 Å². The number of rotatable bonds is 6. The summed E-state index contributed by atoms with van der Waals surface area (Å²) in [6, 6.07) is 0. The number of epoxide rings is 1. The summed E-state index contributed by atoms with van der Waals surface area (Å²) in [5, 5.41) is 0. The van der Waals surface area contributed by atoms with E-state index in [9.17, 15) is 4.79 Å². The van der Waals surface area contributed by atoms with Gasteiger partial charge in [0.25, 0.3) is 0 Å². The van der Waals surface area contributed by atoms with E-state index < -0.39 is 0 Å². The number of hydrogen-bond acceptors (Lipinski definition) is 2. The van der Waals surface area contributed by atoms with Crippen LogP contribution in [0.25, 0.3) is 0 Å². The van der Waals surface area contributed by atoms with Crippen molar-refractivity contribution in [3.8, 4) is 0 Å². The third-order valence-corrected chi connectivity index (χ3v) is 2.56. The van der Waals surface area contributed by atoms with Gasteiger partial charge in [0.15, 0.2) is 5.78 Å². The Labute approximate surface area is 80.7 Å². The molecule has 1 rings (SSSR count). The molecule has 1 aliphatic rings. The van der Waals surface area contributed by atoms with Crippen LogP contribution in [0.1, 0.15) is 52.9 Å². The molecule has 0 aliphatic carbocycles. The number of ketones is 1. The maximum absolute atomic E-state index is 11.5. The minimum atomic E-state index is -0.165. The second-order valence-electron chi connectivity index (χ2n) is 4.38. The largest absolute Gasteiger partial charge is 0.358 e. The SMILES string of the molecule is CCCCCCC(=O)C1OC1(C)C. The summed E-state index contributed by atoms with van der Waals surface area (Å²) in [7, 11) is 0. The predicted molar refractivity (Wildman–Crippen MR) is 52.7 cm³/mol. The molecule has 1 saturated heterocycles. The lowest BCUT2D eigenvalue weighted by molar-refractivity contribution is -0.120. The van der Waals surface area contributed by atoms with E-state index in [0.29, 0.717) is 12.2 Å². The first-order valence-corrected chi connectivity index (χ1v) is 5.28. The van der Waals surface area contributed by atoms with Gasteiger partial charge in [-0.05, 0) is 20.3 Å².